The standard InChI is InChI=1S/C20H30N2O7/c1-7-13-10-20(13,17(25)27-8-2)21-16(24)15-9-14(28-12(3)23)11-22(15)18(26)29-19(4,5)6/h7,13-15H,1,8-11H2,2-6H3,(H,21,24)/t13-,14+,15-,20-/m0/s1. The fourth-order valence-electron chi connectivity index (χ4n) is 3.45. The van der Waals surface area contributed by atoms with Crippen molar-refractivity contribution in [2.24, 2.45) is 5.92 Å². The van der Waals surface area contributed by atoms with Crippen molar-refractivity contribution in [1.82, 2.24) is 10.2 Å². The molecule has 162 valence electrons. The van der Waals surface area contributed by atoms with Crippen molar-refractivity contribution in [2.45, 2.75) is 70.7 Å². The average Bonchev–Trinajstić information content (AvgIpc) is 3.14. The Labute approximate surface area is 170 Å². The van der Waals surface area contributed by atoms with Crippen LogP contribution in [0.5, 0.6) is 0 Å². The summed E-state index contributed by atoms with van der Waals surface area (Å²) in [5.41, 5.74) is -1.93. The van der Waals surface area contributed by atoms with E-state index in [1.165, 1.54) is 11.8 Å². The Bertz CT molecular complexity index is 699. The second kappa shape index (κ2) is 8.42. The Hall–Kier alpha value is -2.58. The summed E-state index contributed by atoms with van der Waals surface area (Å²) in [4.78, 5) is 50.6. The molecule has 2 amide bonds. The third-order valence-electron chi connectivity index (χ3n) is 4.81. The Morgan fingerprint density at radius 1 is 1.28 bits per heavy atom. The lowest BCUT2D eigenvalue weighted by molar-refractivity contribution is -0.149. The van der Waals surface area contributed by atoms with Crippen LogP contribution < -0.4 is 5.32 Å². The first-order chi connectivity index (χ1) is 13.4. The van der Waals surface area contributed by atoms with Gasteiger partial charge in [-0.25, -0.2) is 9.59 Å². The fraction of sp³-hybridized carbons (Fsp3) is 0.700. The molecule has 1 N–H and O–H groups in total. The molecule has 2 fully saturated rings. The summed E-state index contributed by atoms with van der Waals surface area (Å²) in [5.74, 6) is -1.80. The number of hydrogen-bond donors (Lipinski definition) is 1. The van der Waals surface area contributed by atoms with Crippen LogP contribution in [0.1, 0.15) is 47.5 Å². The number of ether oxygens (including phenoxy) is 3. The minimum Gasteiger partial charge on any atom is -0.464 e. The molecular weight excluding hydrogens is 380 g/mol. The number of amides is 2. The number of nitrogens with zero attached hydrogens (tertiary/aromatic N) is 1. The minimum atomic E-state index is -1.17. The molecule has 1 aliphatic heterocycles. The molecule has 1 heterocycles. The van der Waals surface area contributed by atoms with Crippen molar-refractivity contribution in [3.05, 3.63) is 12.7 Å². The number of likely N-dealkylation sites (tertiary alicyclic amines) is 1. The van der Waals surface area contributed by atoms with Crippen molar-refractivity contribution in [3.63, 3.8) is 0 Å². The lowest BCUT2D eigenvalue weighted by Gasteiger charge is -2.28. The first-order valence-electron chi connectivity index (χ1n) is 9.72. The van der Waals surface area contributed by atoms with Gasteiger partial charge in [-0.15, -0.1) is 6.58 Å². The van der Waals surface area contributed by atoms with Gasteiger partial charge in [-0.05, 0) is 34.1 Å². The zero-order chi connectivity index (χ0) is 22.0. The van der Waals surface area contributed by atoms with Gasteiger partial charge in [0, 0.05) is 19.3 Å². The van der Waals surface area contributed by atoms with Gasteiger partial charge in [0.2, 0.25) is 5.91 Å². The molecular formula is C20H30N2O7. The second-order valence-electron chi connectivity index (χ2n) is 8.34. The zero-order valence-electron chi connectivity index (χ0n) is 17.6. The van der Waals surface area contributed by atoms with E-state index in [0.29, 0.717) is 6.42 Å². The van der Waals surface area contributed by atoms with Gasteiger partial charge in [0.05, 0.1) is 13.2 Å². The van der Waals surface area contributed by atoms with Crippen molar-refractivity contribution in [1.29, 1.82) is 0 Å². The van der Waals surface area contributed by atoms with Crippen molar-refractivity contribution < 1.29 is 33.4 Å². The molecule has 29 heavy (non-hydrogen) atoms. The van der Waals surface area contributed by atoms with Gasteiger partial charge in [-0.2, -0.15) is 0 Å². The number of esters is 2. The molecule has 1 saturated carbocycles. The number of nitrogens with one attached hydrogen (secondary N) is 1. The maximum atomic E-state index is 13.0. The van der Waals surface area contributed by atoms with Gasteiger partial charge in [0.25, 0.3) is 0 Å². The van der Waals surface area contributed by atoms with Crippen LogP contribution in [0.4, 0.5) is 4.79 Å². The summed E-state index contributed by atoms with van der Waals surface area (Å²) in [5, 5.41) is 2.74. The molecule has 1 saturated heterocycles. The van der Waals surface area contributed by atoms with Gasteiger partial charge in [0.1, 0.15) is 23.3 Å². The van der Waals surface area contributed by atoms with E-state index < -0.39 is 47.2 Å². The number of hydrogen-bond acceptors (Lipinski definition) is 7. The molecule has 0 unspecified atom stereocenters. The fourth-order valence-corrected chi connectivity index (χ4v) is 3.45. The van der Waals surface area contributed by atoms with Crippen molar-refractivity contribution in [2.75, 3.05) is 13.2 Å². The van der Waals surface area contributed by atoms with Crippen LogP contribution in [0.15, 0.2) is 12.7 Å². The zero-order valence-corrected chi connectivity index (χ0v) is 17.6. The maximum Gasteiger partial charge on any atom is 0.411 e. The van der Waals surface area contributed by atoms with Crippen LogP contribution >= 0.6 is 0 Å². The minimum absolute atomic E-state index is 0.0316. The summed E-state index contributed by atoms with van der Waals surface area (Å²) in [6.07, 6.45) is 0.770. The van der Waals surface area contributed by atoms with E-state index in [9.17, 15) is 19.2 Å². The summed E-state index contributed by atoms with van der Waals surface area (Å²) in [6.45, 7) is 12.0. The average molecular weight is 410 g/mol. The SMILES string of the molecule is C=C[C@H]1C[C@@]1(NC(=O)[C@@H]1C[C@@H](OC(C)=O)CN1C(=O)OC(C)(C)C)C(=O)OCC. The van der Waals surface area contributed by atoms with E-state index in [0.717, 1.165) is 0 Å². The summed E-state index contributed by atoms with van der Waals surface area (Å²) < 4.78 is 15.7. The number of carbonyl (C=O) groups excluding carboxylic acids is 4. The van der Waals surface area contributed by atoms with Gasteiger partial charge in [-0.3, -0.25) is 14.5 Å². The molecule has 9 heteroatoms. The lowest BCUT2D eigenvalue weighted by atomic mass is 10.1. The van der Waals surface area contributed by atoms with Crippen LogP contribution in [0.25, 0.3) is 0 Å². The summed E-state index contributed by atoms with van der Waals surface area (Å²) >= 11 is 0. The van der Waals surface area contributed by atoms with E-state index >= 15 is 0 Å². The van der Waals surface area contributed by atoms with Crippen LogP contribution in [-0.2, 0) is 28.6 Å². The molecule has 2 aliphatic rings. The van der Waals surface area contributed by atoms with E-state index in [2.05, 4.69) is 11.9 Å². The van der Waals surface area contributed by atoms with Crippen LogP contribution in [0.3, 0.4) is 0 Å². The smallest absolute Gasteiger partial charge is 0.411 e. The van der Waals surface area contributed by atoms with E-state index in [4.69, 9.17) is 14.2 Å². The molecule has 0 bridgehead atoms. The van der Waals surface area contributed by atoms with Gasteiger partial charge in [0.15, 0.2) is 0 Å². The normalized spacial score (nSPS) is 28.3. The van der Waals surface area contributed by atoms with Crippen LogP contribution in [0, 0.1) is 5.92 Å². The van der Waals surface area contributed by atoms with Gasteiger partial charge in [-0.1, -0.05) is 6.08 Å². The predicted octanol–water partition coefficient (Wildman–Crippen LogP) is 1.55. The lowest BCUT2D eigenvalue weighted by Crippen LogP contribution is -2.53. The maximum absolute atomic E-state index is 13.0. The largest absolute Gasteiger partial charge is 0.464 e. The van der Waals surface area contributed by atoms with Gasteiger partial charge < -0.3 is 19.5 Å². The molecule has 0 spiro atoms. The van der Waals surface area contributed by atoms with E-state index in [-0.39, 0.29) is 25.5 Å². The highest BCUT2D eigenvalue weighted by atomic mass is 16.6. The first-order valence-corrected chi connectivity index (χ1v) is 9.72. The Kier molecular flexibility index (Phi) is 6.60. The molecule has 0 aromatic heterocycles. The molecule has 1 aliphatic carbocycles. The second-order valence-corrected chi connectivity index (χ2v) is 8.34. The third kappa shape index (κ3) is 5.27. The topological polar surface area (TPSA) is 111 Å². The van der Waals surface area contributed by atoms with Crippen LogP contribution in [-0.4, -0.2) is 65.3 Å². The third-order valence-corrected chi connectivity index (χ3v) is 4.81. The number of rotatable bonds is 6. The Balaban J connectivity index is 2.19. The van der Waals surface area contributed by atoms with Crippen molar-refractivity contribution >= 4 is 23.9 Å². The molecule has 0 radical (unpaired) electrons. The summed E-state index contributed by atoms with van der Waals surface area (Å²) in [6, 6.07) is -0.938. The quantitative estimate of drug-likeness (QED) is 0.402. The highest BCUT2D eigenvalue weighted by molar-refractivity contribution is 5.95. The Morgan fingerprint density at radius 2 is 1.93 bits per heavy atom. The number of carbonyl (C=O) groups is 4. The molecule has 2 rings (SSSR count). The highest BCUT2D eigenvalue weighted by Gasteiger charge is 2.62. The van der Waals surface area contributed by atoms with E-state index in [1.54, 1.807) is 33.8 Å². The van der Waals surface area contributed by atoms with Gasteiger partial charge >= 0.3 is 18.0 Å². The molecule has 0 aromatic carbocycles. The molecule has 4 atom stereocenters. The highest BCUT2D eigenvalue weighted by Crippen LogP contribution is 2.45. The summed E-state index contributed by atoms with van der Waals surface area (Å²) in [7, 11) is 0. The first kappa shape index (κ1) is 22.7. The van der Waals surface area contributed by atoms with Crippen molar-refractivity contribution in [3.8, 4) is 0 Å². The molecule has 9 nitrogen and oxygen atoms in total. The van der Waals surface area contributed by atoms with E-state index in [1.807, 2.05) is 0 Å². The monoisotopic (exact) mass is 410 g/mol. The van der Waals surface area contributed by atoms with Crippen LogP contribution in [0.2, 0.25) is 0 Å². The predicted molar refractivity (Wildman–Crippen MR) is 103 cm³/mol. The molecule has 0 aromatic rings. The Morgan fingerprint density at radius 3 is 2.41 bits per heavy atom.